The second kappa shape index (κ2) is 12.0. The summed E-state index contributed by atoms with van der Waals surface area (Å²) >= 11 is 0. The average molecular weight is 441 g/mol. The molecule has 0 unspecified atom stereocenters. The van der Waals surface area contributed by atoms with Crippen LogP contribution < -0.4 is 20.1 Å². The summed E-state index contributed by atoms with van der Waals surface area (Å²) in [6.45, 7) is 4.40. The van der Waals surface area contributed by atoms with Crippen LogP contribution in [0.2, 0.25) is 0 Å². The Morgan fingerprint density at radius 3 is 2.19 bits per heavy atom. The number of ether oxygens (including phenoxy) is 2. The molecule has 0 saturated carbocycles. The van der Waals surface area contributed by atoms with E-state index in [2.05, 4.69) is 27.7 Å². The molecule has 0 aliphatic carbocycles. The number of urea groups is 1. The third-order valence-corrected chi connectivity index (χ3v) is 5.48. The first-order valence-corrected chi connectivity index (χ1v) is 10.9. The van der Waals surface area contributed by atoms with E-state index in [9.17, 15) is 9.59 Å². The van der Waals surface area contributed by atoms with Crippen molar-refractivity contribution in [1.82, 2.24) is 15.1 Å². The van der Waals surface area contributed by atoms with Gasteiger partial charge in [-0.15, -0.1) is 0 Å². The zero-order valence-electron chi connectivity index (χ0n) is 18.8. The molecule has 3 rings (SSSR count). The lowest BCUT2D eigenvalue weighted by Crippen LogP contribution is -2.38. The number of anilines is 1. The third kappa shape index (κ3) is 7.16. The van der Waals surface area contributed by atoms with E-state index < -0.39 is 0 Å². The Bertz CT molecular complexity index is 871. The number of carbonyl (C=O) groups is 2. The summed E-state index contributed by atoms with van der Waals surface area (Å²) in [6, 6.07) is 14.8. The highest BCUT2D eigenvalue weighted by Gasteiger charge is 2.19. The number of hydrogen-bond donors (Lipinski definition) is 2. The van der Waals surface area contributed by atoms with E-state index >= 15 is 0 Å². The van der Waals surface area contributed by atoms with Crippen molar-refractivity contribution in [3.8, 4) is 11.5 Å². The third-order valence-electron chi connectivity index (χ3n) is 5.48. The number of nitrogens with one attached hydrogen (secondary N) is 2. The monoisotopic (exact) mass is 440 g/mol. The number of nitrogens with zero attached hydrogens (tertiary/aromatic N) is 2. The molecule has 172 valence electrons. The van der Waals surface area contributed by atoms with Crippen LogP contribution in [0.5, 0.6) is 11.5 Å². The van der Waals surface area contributed by atoms with Crippen molar-refractivity contribution in [3.63, 3.8) is 0 Å². The average Bonchev–Trinajstić information content (AvgIpc) is 3.05. The van der Waals surface area contributed by atoms with Crippen LogP contribution in [0.4, 0.5) is 10.5 Å². The van der Waals surface area contributed by atoms with E-state index in [1.165, 1.54) is 5.56 Å². The van der Waals surface area contributed by atoms with Gasteiger partial charge in [0.2, 0.25) is 5.91 Å². The van der Waals surface area contributed by atoms with Gasteiger partial charge in [0.1, 0.15) is 11.5 Å². The molecule has 1 heterocycles. The molecule has 2 aromatic carbocycles. The Balaban J connectivity index is 1.37. The van der Waals surface area contributed by atoms with Gasteiger partial charge >= 0.3 is 6.03 Å². The van der Waals surface area contributed by atoms with E-state index in [1.54, 1.807) is 38.5 Å². The number of methoxy groups -OCH3 is 2. The minimum absolute atomic E-state index is 0.0704. The van der Waals surface area contributed by atoms with Crippen LogP contribution in [0.3, 0.4) is 0 Å². The molecule has 32 heavy (non-hydrogen) atoms. The van der Waals surface area contributed by atoms with Gasteiger partial charge in [-0.05, 0) is 48.4 Å². The predicted octanol–water partition coefficient (Wildman–Crippen LogP) is 2.95. The first-order valence-electron chi connectivity index (χ1n) is 10.9. The first-order chi connectivity index (χ1) is 15.6. The number of hydrogen-bond acceptors (Lipinski definition) is 5. The van der Waals surface area contributed by atoms with Gasteiger partial charge < -0.3 is 25.0 Å². The smallest absolute Gasteiger partial charge is 0.319 e. The van der Waals surface area contributed by atoms with Crippen LogP contribution in [-0.2, 0) is 11.3 Å². The van der Waals surface area contributed by atoms with Crippen LogP contribution in [0.25, 0.3) is 0 Å². The maximum atomic E-state index is 12.6. The molecule has 0 aromatic heterocycles. The summed E-state index contributed by atoms with van der Waals surface area (Å²) in [7, 11) is 3.26. The lowest BCUT2D eigenvalue weighted by Gasteiger charge is -2.22. The SMILES string of the molecule is COc1ccc(CN2CCCN(C(=O)CCNC(=O)Nc3ccc(OC)cc3)CC2)cc1. The van der Waals surface area contributed by atoms with Gasteiger partial charge in [0.15, 0.2) is 0 Å². The Hall–Kier alpha value is -3.26. The van der Waals surface area contributed by atoms with E-state index in [0.717, 1.165) is 44.1 Å². The standard InChI is InChI=1S/C24H32N4O4/c1-31-21-8-4-19(5-9-21)18-27-14-3-15-28(17-16-27)23(29)12-13-25-24(30)26-20-6-10-22(32-2)11-7-20/h4-11H,3,12-18H2,1-2H3,(H2,25,26,30). The molecule has 0 radical (unpaired) electrons. The van der Waals surface area contributed by atoms with Crippen LogP contribution >= 0.6 is 0 Å². The molecule has 1 saturated heterocycles. The Morgan fingerprint density at radius 2 is 1.53 bits per heavy atom. The fraction of sp³-hybridized carbons (Fsp3) is 0.417. The van der Waals surface area contributed by atoms with Crippen molar-refractivity contribution >= 4 is 17.6 Å². The molecule has 1 fully saturated rings. The molecule has 0 bridgehead atoms. The topological polar surface area (TPSA) is 83.1 Å². The highest BCUT2D eigenvalue weighted by molar-refractivity contribution is 5.89. The lowest BCUT2D eigenvalue weighted by molar-refractivity contribution is -0.130. The second-order valence-corrected chi connectivity index (χ2v) is 7.72. The van der Waals surface area contributed by atoms with Gasteiger partial charge in [0.05, 0.1) is 14.2 Å². The second-order valence-electron chi connectivity index (χ2n) is 7.72. The molecule has 1 aliphatic heterocycles. The zero-order valence-corrected chi connectivity index (χ0v) is 18.8. The highest BCUT2D eigenvalue weighted by atomic mass is 16.5. The maximum absolute atomic E-state index is 12.6. The van der Waals surface area contributed by atoms with E-state index in [1.807, 2.05) is 17.0 Å². The van der Waals surface area contributed by atoms with Crippen molar-refractivity contribution in [1.29, 1.82) is 0 Å². The number of rotatable bonds is 8. The highest BCUT2D eigenvalue weighted by Crippen LogP contribution is 2.15. The zero-order chi connectivity index (χ0) is 22.8. The maximum Gasteiger partial charge on any atom is 0.319 e. The molecule has 2 aromatic rings. The summed E-state index contributed by atoms with van der Waals surface area (Å²) in [5, 5.41) is 5.49. The van der Waals surface area contributed by atoms with Crippen LogP contribution in [0.15, 0.2) is 48.5 Å². The Morgan fingerprint density at radius 1 is 0.875 bits per heavy atom. The van der Waals surface area contributed by atoms with Gasteiger partial charge in [-0.2, -0.15) is 0 Å². The quantitative estimate of drug-likeness (QED) is 0.660. The van der Waals surface area contributed by atoms with Crippen LogP contribution in [0, 0.1) is 0 Å². The first kappa shape index (κ1) is 23.4. The summed E-state index contributed by atoms with van der Waals surface area (Å²) < 4.78 is 10.3. The van der Waals surface area contributed by atoms with Crippen molar-refractivity contribution in [2.75, 3.05) is 52.3 Å². The lowest BCUT2D eigenvalue weighted by atomic mass is 10.2. The molecule has 8 heteroatoms. The van der Waals surface area contributed by atoms with Crippen molar-refractivity contribution in [2.24, 2.45) is 0 Å². The fourth-order valence-corrected chi connectivity index (χ4v) is 3.66. The largest absolute Gasteiger partial charge is 0.497 e. The summed E-state index contributed by atoms with van der Waals surface area (Å²) in [4.78, 5) is 28.9. The molecule has 3 amide bonds. The molecule has 0 spiro atoms. The molecule has 1 aliphatic rings. The number of amides is 3. The minimum Gasteiger partial charge on any atom is -0.497 e. The summed E-state index contributed by atoms with van der Waals surface area (Å²) in [6.07, 6.45) is 1.22. The van der Waals surface area contributed by atoms with Crippen LogP contribution in [-0.4, -0.2) is 68.7 Å². The predicted molar refractivity (Wildman–Crippen MR) is 124 cm³/mol. The van der Waals surface area contributed by atoms with Crippen molar-refractivity contribution in [2.45, 2.75) is 19.4 Å². The van der Waals surface area contributed by atoms with Gasteiger partial charge in [0, 0.05) is 51.4 Å². The number of carbonyl (C=O) groups excluding carboxylic acids is 2. The molecular weight excluding hydrogens is 408 g/mol. The van der Waals surface area contributed by atoms with E-state index in [4.69, 9.17) is 9.47 Å². The Labute approximate surface area is 189 Å². The van der Waals surface area contributed by atoms with E-state index in [-0.39, 0.29) is 18.4 Å². The van der Waals surface area contributed by atoms with Gasteiger partial charge in [0.25, 0.3) is 0 Å². The van der Waals surface area contributed by atoms with E-state index in [0.29, 0.717) is 18.8 Å². The van der Waals surface area contributed by atoms with Gasteiger partial charge in [-0.3, -0.25) is 9.69 Å². The number of benzene rings is 2. The van der Waals surface area contributed by atoms with Crippen molar-refractivity contribution < 1.29 is 19.1 Å². The van der Waals surface area contributed by atoms with Crippen LogP contribution in [0.1, 0.15) is 18.4 Å². The normalized spacial score (nSPS) is 14.4. The van der Waals surface area contributed by atoms with Gasteiger partial charge in [-0.25, -0.2) is 4.79 Å². The molecule has 0 atom stereocenters. The minimum atomic E-state index is -0.329. The Kier molecular flexibility index (Phi) is 8.74. The fourth-order valence-electron chi connectivity index (χ4n) is 3.66. The molecule has 2 N–H and O–H groups in total. The van der Waals surface area contributed by atoms with Gasteiger partial charge in [-0.1, -0.05) is 12.1 Å². The summed E-state index contributed by atoms with van der Waals surface area (Å²) in [5.41, 5.74) is 1.90. The van der Waals surface area contributed by atoms with Crippen molar-refractivity contribution in [3.05, 3.63) is 54.1 Å². The summed E-state index contributed by atoms with van der Waals surface area (Å²) in [5.74, 6) is 1.65. The molecule has 8 nitrogen and oxygen atoms in total. The molecular formula is C24H32N4O4.